The number of carbonyl (C=O) groups is 2. The number of unbranched alkanes of at least 4 members (excludes halogenated alkanes) is 11. The number of hydrogen-bond donors (Lipinski definition) is 3. The molecule has 32 heavy (non-hydrogen) atoms. The molecule has 1 atom stereocenters. The lowest BCUT2D eigenvalue weighted by molar-refractivity contribution is -0.141. The molecule has 0 saturated carbocycles. The number of carboxylic acid groups (broad SMARTS) is 1. The highest BCUT2D eigenvalue weighted by Gasteiger charge is 2.20. The van der Waals surface area contributed by atoms with Gasteiger partial charge in [-0.15, -0.1) is 0 Å². The lowest BCUT2D eigenvalue weighted by Gasteiger charge is -2.14. The van der Waals surface area contributed by atoms with Crippen molar-refractivity contribution in [3.8, 4) is 5.75 Å². The summed E-state index contributed by atoms with van der Waals surface area (Å²) in [5.74, 6) is -1.13. The minimum Gasteiger partial charge on any atom is -0.508 e. The van der Waals surface area contributed by atoms with E-state index in [4.69, 9.17) is 0 Å². The number of benzene rings is 1. The predicted molar refractivity (Wildman–Crippen MR) is 131 cm³/mol. The summed E-state index contributed by atoms with van der Waals surface area (Å²) in [5, 5.41) is 21.3. The van der Waals surface area contributed by atoms with Crippen LogP contribution in [-0.4, -0.2) is 28.1 Å². The van der Waals surface area contributed by atoms with Crippen molar-refractivity contribution in [1.82, 2.24) is 5.32 Å². The number of carbonyl (C=O) groups excluding carboxylic acids is 1. The van der Waals surface area contributed by atoms with Crippen molar-refractivity contribution in [3.05, 3.63) is 42.0 Å². The van der Waals surface area contributed by atoms with E-state index in [1.165, 1.54) is 69.9 Å². The van der Waals surface area contributed by atoms with Crippen LogP contribution in [-0.2, 0) is 16.0 Å². The fraction of sp³-hybridized carbons (Fsp3) is 0.630. The van der Waals surface area contributed by atoms with Gasteiger partial charge < -0.3 is 15.5 Å². The Balaban J connectivity index is 2.03. The Morgan fingerprint density at radius 2 is 1.38 bits per heavy atom. The van der Waals surface area contributed by atoms with Gasteiger partial charge in [0.05, 0.1) is 0 Å². The quantitative estimate of drug-likeness (QED) is 0.167. The molecule has 0 spiro atoms. The van der Waals surface area contributed by atoms with Crippen molar-refractivity contribution in [2.75, 3.05) is 0 Å². The lowest BCUT2D eigenvalue weighted by Crippen LogP contribution is -2.42. The van der Waals surface area contributed by atoms with Crippen LogP contribution in [0.15, 0.2) is 36.4 Å². The Morgan fingerprint density at radius 3 is 1.94 bits per heavy atom. The molecular weight excluding hydrogens is 402 g/mol. The van der Waals surface area contributed by atoms with Gasteiger partial charge in [0, 0.05) is 12.8 Å². The number of hydrogen-bond acceptors (Lipinski definition) is 3. The molecule has 1 unspecified atom stereocenters. The molecular formula is C27H43NO4. The molecule has 0 aliphatic rings. The number of phenolic OH excluding ortho intramolecular Hbond substituents is 1. The van der Waals surface area contributed by atoms with Gasteiger partial charge in [0.1, 0.15) is 11.8 Å². The number of amides is 1. The molecule has 1 rings (SSSR count). The van der Waals surface area contributed by atoms with E-state index in [-0.39, 0.29) is 18.1 Å². The van der Waals surface area contributed by atoms with Crippen molar-refractivity contribution >= 4 is 11.9 Å². The van der Waals surface area contributed by atoms with Gasteiger partial charge in [-0.05, 0) is 49.8 Å². The van der Waals surface area contributed by atoms with E-state index in [2.05, 4.69) is 24.4 Å². The Hall–Kier alpha value is -2.30. The molecule has 1 aromatic rings. The van der Waals surface area contributed by atoms with Gasteiger partial charge in [-0.1, -0.05) is 82.6 Å². The molecule has 3 N–H and O–H groups in total. The maximum absolute atomic E-state index is 12.1. The largest absolute Gasteiger partial charge is 0.508 e. The zero-order valence-electron chi connectivity index (χ0n) is 19.9. The molecule has 0 heterocycles. The van der Waals surface area contributed by atoms with Crippen LogP contribution in [0.1, 0.15) is 102 Å². The average molecular weight is 446 g/mol. The van der Waals surface area contributed by atoms with Crippen LogP contribution in [0.25, 0.3) is 0 Å². The molecule has 0 saturated heterocycles. The van der Waals surface area contributed by atoms with E-state index in [1.807, 2.05) is 0 Å². The smallest absolute Gasteiger partial charge is 0.326 e. The van der Waals surface area contributed by atoms with E-state index in [1.54, 1.807) is 12.1 Å². The lowest BCUT2D eigenvalue weighted by atomic mass is 10.0. The Kier molecular flexibility index (Phi) is 15.9. The predicted octanol–water partition coefficient (Wildman–Crippen LogP) is 6.54. The molecule has 1 aromatic carbocycles. The maximum Gasteiger partial charge on any atom is 0.326 e. The topological polar surface area (TPSA) is 86.6 Å². The minimum atomic E-state index is -1.05. The molecule has 5 heteroatoms. The molecule has 0 fully saturated rings. The number of aliphatic carboxylic acids is 1. The third-order valence-electron chi connectivity index (χ3n) is 5.68. The second-order valence-electron chi connectivity index (χ2n) is 8.66. The molecule has 0 bridgehead atoms. The number of aromatic hydroxyl groups is 1. The molecule has 0 aliphatic heterocycles. The van der Waals surface area contributed by atoms with Gasteiger partial charge in [0.25, 0.3) is 0 Å². The summed E-state index contributed by atoms with van der Waals surface area (Å²) >= 11 is 0. The first-order valence-electron chi connectivity index (χ1n) is 12.5. The van der Waals surface area contributed by atoms with Crippen LogP contribution in [0, 0.1) is 0 Å². The van der Waals surface area contributed by atoms with E-state index in [0.717, 1.165) is 31.2 Å². The number of nitrogens with one attached hydrogen (secondary N) is 1. The summed E-state index contributed by atoms with van der Waals surface area (Å²) in [6, 6.07) is 5.42. The van der Waals surface area contributed by atoms with E-state index < -0.39 is 12.0 Å². The highest BCUT2D eigenvalue weighted by molar-refractivity contribution is 5.83. The average Bonchev–Trinajstić information content (AvgIpc) is 2.77. The fourth-order valence-electron chi connectivity index (χ4n) is 3.69. The summed E-state index contributed by atoms with van der Waals surface area (Å²) in [6.45, 7) is 2.25. The highest BCUT2D eigenvalue weighted by atomic mass is 16.4. The van der Waals surface area contributed by atoms with Crippen LogP contribution in [0.3, 0.4) is 0 Å². The van der Waals surface area contributed by atoms with Gasteiger partial charge >= 0.3 is 5.97 Å². The van der Waals surface area contributed by atoms with E-state index >= 15 is 0 Å². The van der Waals surface area contributed by atoms with Crippen molar-refractivity contribution < 1.29 is 19.8 Å². The van der Waals surface area contributed by atoms with E-state index in [9.17, 15) is 19.8 Å². The first-order valence-corrected chi connectivity index (χ1v) is 12.5. The number of allylic oxidation sites excluding steroid dienone is 2. The van der Waals surface area contributed by atoms with Gasteiger partial charge in [0.15, 0.2) is 0 Å². The van der Waals surface area contributed by atoms with Gasteiger partial charge in [0.2, 0.25) is 5.91 Å². The number of rotatable bonds is 19. The van der Waals surface area contributed by atoms with Gasteiger partial charge in [-0.2, -0.15) is 0 Å². The van der Waals surface area contributed by atoms with Crippen molar-refractivity contribution in [3.63, 3.8) is 0 Å². The summed E-state index contributed by atoms with van der Waals surface area (Å²) < 4.78 is 0. The number of carboxylic acids is 1. The summed E-state index contributed by atoms with van der Waals surface area (Å²) in [4.78, 5) is 23.6. The summed E-state index contributed by atoms with van der Waals surface area (Å²) in [5.41, 5.74) is 0.761. The summed E-state index contributed by atoms with van der Waals surface area (Å²) in [6.07, 6.45) is 20.8. The first kappa shape index (κ1) is 27.7. The monoisotopic (exact) mass is 445 g/mol. The van der Waals surface area contributed by atoms with Crippen LogP contribution < -0.4 is 5.32 Å². The highest BCUT2D eigenvalue weighted by Crippen LogP contribution is 2.13. The summed E-state index contributed by atoms with van der Waals surface area (Å²) in [7, 11) is 0. The third-order valence-corrected chi connectivity index (χ3v) is 5.68. The minimum absolute atomic E-state index is 0.133. The SMILES string of the molecule is CCCCCCCC/C=C\CCCCCCCC(=O)NC(Cc1ccc(O)cc1)C(=O)O. The Morgan fingerprint density at radius 1 is 0.844 bits per heavy atom. The number of phenols is 1. The van der Waals surface area contributed by atoms with Crippen molar-refractivity contribution in [2.45, 2.75) is 109 Å². The van der Waals surface area contributed by atoms with Crippen LogP contribution in [0.4, 0.5) is 0 Å². The molecule has 0 aromatic heterocycles. The Bertz CT molecular complexity index is 654. The van der Waals surface area contributed by atoms with Crippen molar-refractivity contribution in [2.24, 2.45) is 0 Å². The molecule has 1 amide bonds. The fourth-order valence-corrected chi connectivity index (χ4v) is 3.69. The first-order chi connectivity index (χ1) is 15.5. The molecule has 0 radical (unpaired) electrons. The van der Waals surface area contributed by atoms with E-state index in [0.29, 0.717) is 6.42 Å². The van der Waals surface area contributed by atoms with Crippen LogP contribution in [0.2, 0.25) is 0 Å². The maximum atomic E-state index is 12.1. The third kappa shape index (κ3) is 14.7. The Labute approximate surface area is 194 Å². The molecule has 180 valence electrons. The molecule has 5 nitrogen and oxygen atoms in total. The standard InChI is InChI=1S/C27H43NO4/c1-2-3-4-5-6-7-8-9-10-11-12-13-14-15-16-17-26(30)28-25(27(31)32)22-23-18-20-24(29)21-19-23/h9-10,18-21,25,29H,2-8,11-17,22H2,1H3,(H,28,30)(H,31,32)/b10-9-. The van der Waals surface area contributed by atoms with Gasteiger partial charge in [-0.25, -0.2) is 4.79 Å². The van der Waals surface area contributed by atoms with Crippen LogP contribution in [0.5, 0.6) is 5.75 Å². The zero-order valence-corrected chi connectivity index (χ0v) is 19.9. The normalized spacial score (nSPS) is 12.2. The van der Waals surface area contributed by atoms with Gasteiger partial charge in [-0.3, -0.25) is 4.79 Å². The second kappa shape index (κ2) is 18.3. The van der Waals surface area contributed by atoms with Crippen molar-refractivity contribution in [1.29, 1.82) is 0 Å². The second-order valence-corrected chi connectivity index (χ2v) is 8.66. The molecule has 0 aliphatic carbocycles. The zero-order chi connectivity index (χ0) is 23.4. The van der Waals surface area contributed by atoms with Crippen LogP contribution >= 0.6 is 0 Å².